The van der Waals surface area contributed by atoms with E-state index in [0.29, 0.717) is 6.54 Å². The Kier molecular flexibility index (Phi) is 8.64. The van der Waals surface area contributed by atoms with Gasteiger partial charge < -0.3 is 20.4 Å². The quantitative estimate of drug-likeness (QED) is 0.440. The van der Waals surface area contributed by atoms with Gasteiger partial charge in [-0.15, -0.1) is 0 Å². The van der Waals surface area contributed by atoms with Crippen LogP contribution in [0.5, 0.6) is 0 Å². The molecule has 1 saturated heterocycles. The third-order valence-corrected chi connectivity index (χ3v) is 4.22. The molecule has 4 N–H and O–H groups in total. The molecule has 20 heavy (non-hydrogen) atoms. The summed E-state index contributed by atoms with van der Waals surface area (Å²) < 4.78 is 0. The van der Waals surface area contributed by atoms with Gasteiger partial charge in [-0.25, -0.2) is 0 Å². The van der Waals surface area contributed by atoms with Gasteiger partial charge in [0.2, 0.25) is 0 Å². The molecule has 5 heteroatoms. The van der Waals surface area contributed by atoms with E-state index in [9.17, 15) is 15.3 Å². The normalized spacial score (nSPS) is 28.9. The Morgan fingerprint density at radius 3 is 2.25 bits per heavy atom. The van der Waals surface area contributed by atoms with E-state index in [0.717, 1.165) is 19.4 Å². The molecule has 0 amide bonds. The molecule has 5 nitrogen and oxygen atoms in total. The molecular weight excluding hydrogens is 258 g/mol. The Hall–Kier alpha value is -0.200. The molecule has 0 aromatic heterocycles. The van der Waals surface area contributed by atoms with Crippen molar-refractivity contribution >= 4 is 0 Å². The zero-order chi connectivity index (χ0) is 15.0. The Labute approximate surface area is 122 Å². The highest BCUT2D eigenvalue weighted by Crippen LogP contribution is 2.22. The van der Waals surface area contributed by atoms with Crippen LogP contribution in [0.25, 0.3) is 0 Å². The van der Waals surface area contributed by atoms with Crippen molar-refractivity contribution in [3.63, 3.8) is 0 Å². The van der Waals surface area contributed by atoms with E-state index in [-0.39, 0.29) is 6.61 Å². The lowest BCUT2D eigenvalue weighted by atomic mass is 10.0. The van der Waals surface area contributed by atoms with Crippen molar-refractivity contribution in [3.8, 4) is 0 Å². The highest BCUT2D eigenvalue weighted by atomic mass is 16.3. The average molecular weight is 289 g/mol. The standard InChI is InChI=1S/C15H31NO4/c1-2-3-4-5-6-7-8-9-16-10-12(18)15(20)14(16)13(19)11-17/h12-15,17-20H,2-11H2,1H3/t12-,13-,14+,15-/m1/s1. The van der Waals surface area contributed by atoms with Crippen molar-refractivity contribution in [2.24, 2.45) is 0 Å². The van der Waals surface area contributed by atoms with Crippen LogP contribution in [0.3, 0.4) is 0 Å². The van der Waals surface area contributed by atoms with E-state index < -0.39 is 24.4 Å². The predicted molar refractivity (Wildman–Crippen MR) is 78.5 cm³/mol. The Morgan fingerprint density at radius 2 is 1.65 bits per heavy atom. The maximum Gasteiger partial charge on any atom is 0.0992 e. The number of likely N-dealkylation sites (tertiary alicyclic amines) is 1. The second-order valence-electron chi connectivity index (χ2n) is 5.91. The van der Waals surface area contributed by atoms with E-state index in [1.165, 1.54) is 32.1 Å². The van der Waals surface area contributed by atoms with Crippen LogP contribution in [-0.2, 0) is 0 Å². The van der Waals surface area contributed by atoms with Crippen LogP contribution in [0.15, 0.2) is 0 Å². The number of aliphatic hydroxyl groups is 4. The molecule has 0 saturated carbocycles. The average Bonchev–Trinajstić information content (AvgIpc) is 2.72. The highest BCUT2D eigenvalue weighted by Gasteiger charge is 2.43. The lowest BCUT2D eigenvalue weighted by molar-refractivity contribution is -0.0304. The summed E-state index contributed by atoms with van der Waals surface area (Å²) in [7, 11) is 0. The van der Waals surface area contributed by atoms with E-state index in [4.69, 9.17) is 5.11 Å². The van der Waals surface area contributed by atoms with Crippen LogP contribution in [0.2, 0.25) is 0 Å². The van der Waals surface area contributed by atoms with Gasteiger partial charge in [-0.1, -0.05) is 45.4 Å². The number of rotatable bonds is 10. The van der Waals surface area contributed by atoms with Gasteiger partial charge in [0.15, 0.2) is 0 Å². The zero-order valence-electron chi connectivity index (χ0n) is 12.6. The third-order valence-electron chi connectivity index (χ3n) is 4.22. The maximum atomic E-state index is 9.87. The summed E-state index contributed by atoms with van der Waals surface area (Å²) in [6.07, 6.45) is 5.67. The Bertz CT molecular complexity index is 252. The number of unbranched alkanes of at least 4 members (excludes halogenated alkanes) is 6. The minimum atomic E-state index is -0.994. The van der Waals surface area contributed by atoms with Crippen molar-refractivity contribution in [3.05, 3.63) is 0 Å². The topological polar surface area (TPSA) is 84.2 Å². The molecule has 0 aliphatic carbocycles. The van der Waals surface area contributed by atoms with E-state index >= 15 is 0 Å². The minimum Gasteiger partial charge on any atom is -0.394 e. The molecule has 0 bridgehead atoms. The van der Waals surface area contributed by atoms with Gasteiger partial charge in [0.1, 0.15) is 0 Å². The molecule has 1 rings (SSSR count). The number of hydrogen-bond donors (Lipinski definition) is 4. The lowest BCUT2D eigenvalue weighted by Gasteiger charge is -2.29. The predicted octanol–water partition coefficient (Wildman–Crippen LogP) is 0.496. The summed E-state index contributed by atoms with van der Waals surface area (Å²) >= 11 is 0. The molecule has 120 valence electrons. The van der Waals surface area contributed by atoms with Gasteiger partial charge in [-0.2, -0.15) is 0 Å². The molecule has 4 atom stereocenters. The van der Waals surface area contributed by atoms with Crippen LogP contribution in [0, 0.1) is 0 Å². The van der Waals surface area contributed by atoms with Crippen LogP contribution in [0.1, 0.15) is 51.9 Å². The smallest absolute Gasteiger partial charge is 0.0992 e. The molecule has 1 heterocycles. The van der Waals surface area contributed by atoms with Gasteiger partial charge in [-0.05, 0) is 13.0 Å². The monoisotopic (exact) mass is 289 g/mol. The number of nitrogens with zero attached hydrogens (tertiary/aromatic N) is 1. The van der Waals surface area contributed by atoms with Gasteiger partial charge in [0.05, 0.1) is 31.0 Å². The van der Waals surface area contributed by atoms with Crippen LogP contribution >= 0.6 is 0 Å². The largest absolute Gasteiger partial charge is 0.394 e. The first kappa shape index (κ1) is 17.9. The van der Waals surface area contributed by atoms with Gasteiger partial charge in [-0.3, -0.25) is 4.90 Å². The summed E-state index contributed by atoms with van der Waals surface area (Å²) in [6, 6.07) is -0.546. The van der Waals surface area contributed by atoms with E-state index in [1.807, 2.05) is 4.90 Å². The van der Waals surface area contributed by atoms with Gasteiger partial charge in [0, 0.05) is 6.54 Å². The SMILES string of the molecule is CCCCCCCCCN1C[C@@H](O)[C@@H](O)[C@@H]1[C@H](O)CO. The fourth-order valence-corrected chi connectivity index (χ4v) is 3.00. The first-order chi connectivity index (χ1) is 9.61. The molecule has 0 aromatic carbocycles. The second kappa shape index (κ2) is 9.68. The highest BCUT2D eigenvalue weighted by molar-refractivity contribution is 4.96. The first-order valence-corrected chi connectivity index (χ1v) is 8.01. The molecule has 1 aliphatic heterocycles. The molecule has 0 radical (unpaired) electrons. The third kappa shape index (κ3) is 5.30. The van der Waals surface area contributed by atoms with Gasteiger partial charge in [0.25, 0.3) is 0 Å². The molecule has 0 unspecified atom stereocenters. The Balaban J connectivity index is 2.24. The molecule has 1 aliphatic rings. The molecule has 0 spiro atoms. The number of β-amino-alcohol motifs (C(OH)–C–C–N with tert-alkyl or cyclic N) is 1. The summed E-state index contributed by atoms with van der Waals surface area (Å²) in [5, 5.41) is 38.4. The summed E-state index contributed by atoms with van der Waals surface area (Å²) in [5.74, 6) is 0. The van der Waals surface area contributed by atoms with Crippen LogP contribution in [-0.4, -0.2) is 69.4 Å². The summed E-state index contributed by atoms with van der Waals surface area (Å²) in [4.78, 5) is 1.91. The lowest BCUT2D eigenvalue weighted by Crippen LogP contribution is -2.47. The summed E-state index contributed by atoms with van der Waals surface area (Å²) in [6.45, 7) is 2.95. The van der Waals surface area contributed by atoms with Gasteiger partial charge >= 0.3 is 0 Å². The Morgan fingerprint density at radius 1 is 1.05 bits per heavy atom. The van der Waals surface area contributed by atoms with E-state index in [2.05, 4.69) is 6.92 Å². The number of aliphatic hydroxyl groups excluding tert-OH is 4. The fraction of sp³-hybridized carbons (Fsp3) is 1.00. The van der Waals surface area contributed by atoms with Crippen molar-refractivity contribution < 1.29 is 20.4 Å². The summed E-state index contributed by atoms with van der Waals surface area (Å²) in [5.41, 5.74) is 0. The van der Waals surface area contributed by atoms with Crippen molar-refractivity contribution in [2.45, 2.75) is 76.2 Å². The maximum absolute atomic E-state index is 9.87. The number of hydrogen-bond acceptors (Lipinski definition) is 5. The molecule has 0 aromatic rings. The zero-order valence-corrected chi connectivity index (χ0v) is 12.6. The first-order valence-electron chi connectivity index (χ1n) is 8.01. The second-order valence-corrected chi connectivity index (χ2v) is 5.91. The van der Waals surface area contributed by atoms with E-state index in [1.54, 1.807) is 0 Å². The van der Waals surface area contributed by atoms with Crippen LogP contribution in [0.4, 0.5) is 0 Å². The minimum absolute atomic E-state index is 0.374. The van der Waals surface area contributed by atoms with Crippen molar-refractivity contribution in [1.82, 2.24) is 4.90 Å². The molecular formula is C15H31NO4. The molecule has 1 fully saturated rings. The fourth-order valence-electron chi connectivity index (χ4n) is 3.00. The van der Waals surface area contributed by atoms with Crippen molar-refractivity contribution in [2.75, 3.05) is 19.7 Å². The van der Waals surface area contributed by atoms with Crippen molar-refractivity contribution in [1.29, 1.82) is 0 Å². The van der Waals surface area contributed by atoms with Crippen LogP contribution < -0.4 is 0 Å².